The minimum Gasteiger partial charge on any atom is -0.392 e. The smallest absolute Gasteiger partial charge is 0.0617 e. The fraction of sp³-hybridized carbons (Fsp3) is 0.500. The standard InChI is InChI=1S/C20H30O/c1-16(8-6-9-17(2)13-15-21)11-12-19-18(3)10-7-14-20(19,4)5/h6,8-9,11-13,21H,7,10,14-15H2,1-5H3/b9-6+,12-11?,16-8?,17-13?. The maximum atomic E-state index is 8.81. The van der Waals surface area contributed by atoms with Gasteiger partial charge in [-0.15, -0.1) is 0 Å². The van der Waals surface area contributed by atoms with Crippen LogP contribution in [0.4, 0.5) is 0 Å². The molecule has 1 aliphatic carbocycles. The van der Waals surface area contributed by atoms with Crippen molar-refractivity contribution in [3.05, 3.63) is 58.7 Å². The Balaban J connectivity index is 2.78. The van der Waals surface area contributed by atoms with Gasteiger partial charge in [0, 0.05) is 0 Å². The molecular weight excluding hydrogens is 256 g/mol. The monoisotopic (exact) mass is 286 g/mol. The number of hydrogen-bond acceptors (Lipinski definition) is 1. The van der Waals surface area contributed by atoms with E-state index in [4.69, 9.17) is 5.11 Å². The molecule has 0 radical (unpaired) electrons. The fourth-order valence-corrected chi connectivity index (χ4v) is 2.84. The van der Waals surface area contributed by atoms with Gasteiger partial charge in [0.1, 0.15) is 0 Å². The Bertz CT molecular complexity index is 496. The van der Waals surface area contributed by atoms with Crippen LogP contribution in [-0.4, -0.2) is 11.7 Å². The van der Waals surface area contributed by atoms with Crippen LogP contribution in [0.1, 0.15) is 53.9 Å². The van der Waals surface area contributed by atoms with Crippen molar-refractivity contribution in [1.82, 2.24) is 0 Å². The number of aliphatic hydroxyl groups excluding tert-OH is 1. The van der Waals surface area contributed by atoms with Gasteiger partial charge in [0.2, 0.25) is 0 Å². The van der Waals surface area contributed by atoms with Crippen LogP contribution >= 0.6 is 0 Å². The van der Waals surface area contributed by atoms with Gasteiger partial charge >= 0.3 is 0 Å². The molecule has 0 aliphatic heterocycles. The van der Waals surface area contributed by atoms with Gasteiger partial charge in [0.05, 0.1) is 6.61 Å². The van der Waals surface area contributed by atoms with Crippen molar-refractivity contribution >= 4 is 0 Å². The molecule has 0 aromatic rings. The molecule has 21 heavy (non-hydrogen) atoms. The van der Waals surface area contributed by atoms with Gasteiger partial charge in [0.15, 0.2) is 0 Å². The average molecular weight is 286 g/mol. The van der Waals surface area contributed by atoms with E-state index in [2.05, 4.69) is 45.9 Å². The minimum absolute atomic E-state index is 0.0985. The van der Waals surface area contributed by atoms with Gasteiger partial charge in [-0.2, -0.15) is 0 Å². The van der Waals surface area contributed by atoms with Crippen LogP contribution in [0.25, 0.3) is 0 Å². The molecule has 1 aliphatic rings. The number of allylic oxidation sites excluding steroid dienone is 9. The van der Waals surface area contributed by atoms with Crippen LogP contribution in [0.15, 0.2) is 58.7 Å². The summed E-state index contributed by atoms with van der Waals surface area (Å²) in [6.07, 6.45) is 16.3. The summed E-state index contributed by atoms with van der Waals surface area (Å²) in [5.74, 6) is 0. The van der Waals surface area contributed by atoms with Gasteiger partial charge in [0.25, 0.3) is 0 Å². The maximum absolute atomic E-state index is 8.81. The first-order valence-electron chi connectivity index (χ1n) is 7.87. The van der Waals surface area contributed by atoms with E-state index in [1.54, 1.807) is 6.08 Å². The molecular formula is C20H30O. The first-order chi connectivity index (χ1) is 9.86. The molecule has 116 valence electrons. The molecule has 0 fully saturated rings. The largest absolute Gasteiger partial charge is 0.392 e. The molecule has 0 heterocycles. The van der Waals surface area contributed by atoms with E-state index < -0.39 is 0 Å². The third-order valence-electron chi connectivity index (χ3n) is 4.19. The molecule has 0 unspecified atom stereocenters. The lowest BCUT2D eigenvalue weighted by molar-refractivity contribution is 0.342. The van der Waals surface area contributed by atoms with Crippen LogP contribution in [0.5, 0.6) is 0 Å². The summed E-state index contributed by atoms with van der Waals surface area (Å²) in [5.41, 5.74) is 5.66. The van der Waals surface area contributed by atoms with Crippen molar-refractivity contribution in [2.24, 2.45) is 5.41 Å². The lowest BCUT2D eigenvalue weighted by Gasteiger charge is -2.32. The first-order valence-corrected chi connectivity index (χ1v) is 7.87. The van der Waals surface area contributed by atoms with Gasteiger partial charge in [-0.1, -0.05) is 67.0 Å². The van der Waals surface area contributed by atoms with Crippen LogP contribution in [0.2, 0.25) is 0 Å². The molecule has 0 bridgehead atoms. The Kier molecular flexibility index (Phi) is 6.91. The Morgan fingerprint density at radius 2 is 1.90 bits per heavy atom. The topological polar surface area (TPSA) is 20.2 Å². The number of hydrogen-bond donors (Lipinski definition) is 1. The van der Waals surface area contributed by atoms with E-state index in [-0.39, 0.29) is 6.61 Å². The second-order valence-corrected chi connectivity index (χ2v) is 6.67. The van der Waals surface area contributed by atoms with Crippen molar-refractivity contribution < 1.29 is 5.11 Å². The second-order valence-electron chi connectivity index (χ2n) is 6.67. The van der Waals surface area contributed by atoms with Crippen molar-refractivity contribution in [3.63, 3.8) is 0 Å². The van der Waals surface area contributed by atoms with Crippen molar-refractivity contribution in [1.29, 1.82) is 0 Å². The molecule has 1 nitrogen and oxygen atoms in total. The Morgan fingerprint density at radius 1 is 1.19 bits per heavy atom. The van der Waals surface area contributed by atoms with E-state index in [0.717, 1.165) is 5.57 Å². The van der Waals surface area contributed by atoms with E-state index in [0.29, 0.717) is 5.41 Å². The zero-order valence-corrected chi connectivity index (χ0v) is 14.2. The lowest BCUT2D eigenvalue weighted by atomic mass is 9.72. The van der Waals surface area contributed by atoms with Crippen molar-refractivity contribution in [2.75, 3.05) is 6.61 Å². The predicted octanol–water partition coefficient (Wildman–Crippen LogP) is 5.51. The molecule has 1 heteroatoms. The molecule has 0 aromatic heterocycles. The molecule has 1 rings (SSSR count). The first kappa shape index (κ1) is 17.7. The Morgan fingerprint density at radius 3 is 2.52 bits per heavy atom. The summed E-state index contributed by atoms with van der Waals surface area (Å²) in [6, 6.07) is 0. The third-order valence-corrected chi connectivity index (χ3v) is 4.19. The van der Waals surface area contributed by atoms with Gasteiger partial charge in [-0.05, 0) is 51.0 Å². The highest BCUT2D eigenvalue weighted by Gasteiger charge is 2.26. The Labute approximate surface area is 130 Å². The van der Waals surface area contributed by atoms with Crippen LogP contribution in [-0.2, 0) is 0 Å². The molecule has 0 saturated carbocycles. The van der Waals surface area contributed by atoms with Crippen molar-refractivity contribution in [3.8, 4) is 0 Å². The summed E-state index contributed by atoms with van der Waals surface area (Å²) in [6.45, 7) is 11.2. The fourth-order valence-electron chi connectivity index (χ4n) is 2.84. The quantitative estimate of drug-likeness (QED) is 0.661. The molecule has 0 atom stereocenters. The highest BCUT2D eigenvalue weighted by molar-refractivity contribution is 5.37. The summed E-state index contributed by atoms with van der Waals surface area (Å²) in [5, 5.41) is 8.81. The predicted molar refractivity (Wildman–Crippen MR) is 93.2 cm³/mol. The van der Waals surface area contributed by atoms with Gasteiger partial charge in [-0.25, -0.2) is 0 Å². The van der Waals surface area contributed by atoms with E-state index in [1.807, 2.05) is 19.1 Å². The molecule has 1 N–H and O–H groups in total. The molecule has 0 amide bonds. The molecule has 0 aromatic carbocycles. The number of aliphatic hydroxyl groups is 1. The van der Waals surface area contributed by atoms with Crippen LogP contribution in [0, 0.1) is 5.41 Å². The summed E-state index contributed by atoms with van der Waals surface area (Å²) in [7, 11) is 0. The van der Waals surface area contributed by atoms with Crippen LogP contribution < -0.4 is 0 Å². The number of rotatable bonds is 5. The maximum Gasteiger partial charge on any atom is 0.0617 e. The van der Waals surface area contributed by atoms with Gasteiger partial charge in [-0.3, -0.25) is 0 Å². The van der Waals surface area contributed by atoms with E-state index in [1.165, 1.54) is 36.0 Å². The second kappa shape index (κ2) is 8.19. The summed E-state index contributed by atoms with van der Waals surface area (Å²) >= 11 is 0. The average Bonchev–Trinajstić information content (AvgIpc) is 2.37. The zero-order valence-electron chi connectivity index (χ0n) is 14.2. The van der Waals surface area contributed by atoms with Crippen molar-refractivity contribution in [2.45, 2.75) is 53.9 Å². The summed E-state index contributed by atoms with van der Waals surface area (Å²) in [4.78, 5) is 0. The van der Waals surface area contributed by atoms with Gasteiger partial charge < -0.3 is 5.11 Å². The Hall–Kier alpha value is -1.34. The van der Waals surface area contributed by atoms with E-state index >= 15 is 0 Å². The minimum atomic E-state index is 0.0985. The molecule has 0 saturated heterocycles. The normalized spacial score (nSPS) is 20.9. The SMILES string of the molecule is CC(C=CC1=C(C)CCCC1(C)C)=C/C=C/C(C)=CCO. The lowest BCUT2D eigenvalue weighted by Crippen LogP contribution is -2.19. The third kappa shape index (κ3) is 5.89. The highest BCUT2D eigenvalue weighted by Crippen LogP contribution is 2.40. The van der Waals surface area contributed by atoms with Crippen LogP contribution in [0.3, 0.4) is 0 Å². The highest BCUT2D eigenvalue weighted by atomic mass is 16.2. The van der Waals surface area contributed by atoms with E-state index in [9.17, 15) is 0 Å². The molecule has 0 spiro atoms. The summed E-state index contributed by atoms with van der Waals surface area (Å²) < 4.78 is 0. The zero-order chi connectivity index (χ0) is 15.9.